The summed E-state index contributed by atoms with van der Waals surface area (Å²) < 4.78 is 11.1. The third kappa shape index (κ3) is 5.56. The molecule has 0 heterocycles. The Balaban J connectivity index is 1.74. The molecule has 4 nitrogen and oxygen atoms in total. The number of anilines is 1. The topological polar surface area (TPSA) is 33.7 Å². The van der Waals surface area contributed by atoms with E-state index in [1.54, 1.807) is 0 Å². The predicted octanol–water partition coefficient (Wildman–Crippen LogP) is 3.00. The quantitative estimate of drug-likeness (QED) is 0.837. The van der Waals surface area contributed by atoms with Crippen LogP contribution in [0.2, 0.25) is 0 Å². The maximum atomic E-state index is 5.70. The number of methoxy groups -OCH3 is 1. The van der Waals surface area contributed by atoms with Crippen LogP contribution in [0.4, 0.5) is 5.69 Å². The summed E-state index contributed by atoms with van der Waals surface area (Å²) >= 11 is 0. The van der Waals surface area contributed by atoms with Crippen LogP contribution in [-0.2, 0) is 4.74 Å². The monoisotopic (exact) mass is 292 g/mol. The summed E-state index contributed by atoms with van der Waals surface area (Å²) in [7, 11) is 5.91. The van der Waals surface area contributed by atoms with Crippen LogP contribution in [0.5, 0.6) is 5.75 Å². The number of rotatable bonds is 7. The smallest absolute Gasteiger partial charge is 0.119 e. The highest BCUT2D eigenvalue weighted by Crippen LogP contribution is 2.24. The van der Waals surface area contributed by atoms with Crippen LogP contribution in [0.15, 0.2) is 24.3 Å². The second-order valence-corrected chi connectivity index (χ2v) is 6.03. The molecular formula is C17H28N2O2. The maximum Gasteiger partial charge on any atom is 0.119 e. The summed E-state index contributed by atoms with van der Waals surface area (Å²) in [6.45, 7) is 1.66. The van der Waals surface area contributed by atoms with Gasteiger partial charge in [0.05, 0.1) is 6.10 Å². The molecule has 21 heavy (non-hydrogen) atoms. The van der Waals surface area contributed by atoms with Gasteiger partial charge in [-0.15, -0.1) is 0 Å². The van der Waals surface area contributed by atoms with Gasteiger partial charge in [-0.25, -0.2) is 0 Å². The average Bonchev–Trinajstić information content (AvgIpc) is 2.49. The molecule has 0 atom stereocenters. The van der Waals surface area contributed by atoms with E-state index in [0.29, 0.717) is 12.1 Å². The molecule has 1 saturated carbocycles. The first-order valence-corrected chi connectivity index (χ1v) is 7.84. The largest absolute Gasteiger partial charge is 0.492 e. The molecule has 2 rings (SSSR count). The molecule has 0 aromatic heterocycles. The van der Waals surface area contributed by atoms with E-state index in [-0.39, 0.29) is 0 Å². The first-order chi connectivity index (χ1) is 10.2. The molecule has 0 bridgehead atoms. The molecule has 0 amide bonds. The number of hydrogen-bond donors (Lipinski definition) is 1. The fourth-order valence-electron chi connectivity index (χ4n) is 2.67. The normalized spacial score (nSPS) is 22.3. The summed E-state index contributed by atoms with van der Waals surface area (Å²) in [5.41, 5.74) is 1.18. The van der Waals surface area contributed by atoms with Gasteiger partial charge in [-0.3, -0.25) is 0 Å². The number of hydrogen-bond acceptors (Lipinski definition) is 4. The molecule has 0 saturated heterocycles. The number of likely N-dealkylation sites (N-methyl/N-ethyl adjacent to an activating group) is 1. The van der Waals surface area contributed by atoms with Crippen LogP contribution in [0.1, 0.15) is 25.7 Å². The lowest BCUT2D eigenvalue weighted by Crippen LogP contribution is -2.29. The predicted molar refractivity (Wildman–Crippen MR) is 87.2 cm³/mol. The number of ether oxygens (including phenoxy) is 2. The summed E-state index contributed by atoms with van der Waals surface area (Å²) in [4.78, 5) is 2.12. The van der Waals surface area contributed by atoms with Crippen molar-refractivity contribution in [1.82, 2.24) is 4.90 Å². The van der Waals surface area contributed by atoms with Gasteiger partial charge < -0.3 is 19.7 Å². The van der Waals surface area contributed by atoms with Gasteiger partial charge in [0.1, 0.15) is 12.4 Å². The second-order valence-electron chi connectivity index (χ2n) is 6.03. The van der Waals surface area contributed by atoms with Crippen LogP contribution in [0.3, 0.4) is 0 Å². The van der Waals surface area contributed by atoms with E-state index < -0.39 is 0 Å². The highest BCUT2D eigenvalue weighted by molar-refractivity contribution is 5.47. The first kappa shape index (κ1) is 16.1. The van der Waals surface area contributed by atoms with Gasteiger partial charge in [0.2, 0.25) is 0 Å². The molecule has 0 unspecified atom stereocenters. The Morgan fingerprint density at radius 2 is 1.76 bits per heavy atom. The number of nitrogens with one attached hydrogen (secondary N) is 1. The summed E-state index contributed by atoms with van der Waals surface area (Å²) in [6.07, 6.45) is 5.12. The van der Waals surface area contributed by atoms with Crippen molar-refractivity contribution in [3.63, 3.8) is 0 Å². The zero-order valence-corrected chi connectivity index (χ0v) is 13.5. The Kier molecular flexibility index (Phi) is 6.33. The zero-order valence-electron chi connectivity index (χ0n) is 13.5. The average molecular weight is 292 g/mol. The molecule has 1 aromatic rings. The molecule has 1 aromatic carbocycles. The van der Waals surface area contributed by atoms with Crippen molar-refractivity contribution < 1.29 is 9.47 Å². The second kappa shape index (κ2) is 8.25. The van der Waals surface area contributed by atoms with Gasteiger partial charge in [-0.05, 0) is 64.0 Å². The van der Waals surface area contributed by atoms with Crippen molar-refractivity contribution in [3.05, 3.63) is 24.3 Å². The molecule has 0 radical (unpaired) electrons. The fourth-order valence-corrected chi connectivity index (χ4v) is 2.67. The van der Waals surface area contributed by atoms with E-state index in [4.69, 9.17) is 9.47 Å². The maximum absolute atomic E-state index is 5.70. The highest BCUT2D eigenvalue weighted by atomic mass is 16.5. The minimum absolute atomic E-state index is 0.454. The third-order valence-electron chi connectivity index (χ3n) is 4.04. The van der Waals surface area contributed by atoms with E-state index in [2.05, 4.69) is 36.4 Å². The van der Waals surface area contributed by atoms with Crippen LogP contribution in [0.25, 0.3) is 0 Å². The van der Waals surface area contributed by atoms with E-state index in [1.165, 1.54) is 18.5 Å². The minimum Gasteiger partial charge on any atom is -0.492 e. The minimum atomic E-state index is 0.454. The molecule has 1 aliphatic rings. The van der Waals surface area contributed by atoms with Gasteiger partial charge >= 0.3 is 0 Å². The third-order valence-corrected chi connectivity index (χ3v) is 4.04. The van der Waals surface area contributed by atoms with Crippen LogP contribution >= 0.6 is 0 Å². The molecule has 0 spiro atoms. The van der Waals surface area contributed by atoms with Crippen molar-refractivity contribution in [2.45, 2.75) is 37.8 Å². The standard InChI is InChI=1S/C17H28N2O2/c1-19(2)12-13-21-17-10-6-15(7-11-17)18-14-4-8-16(20-3)9-5-14/h6-7,10-11,14,16,18H,4-5,8-9,12-13H2,1-3H3. The molecule has 118 valence electrons. The number of nitrogens with zero attached hydrogens (tertiary/aromatic N) is 1. The molecule has 0 aliphatic heterocycles. The van der Waals surface area contributed by atoms with Crippen molar-refractivity contribution in [1.29, 1.82) is 0 Å². The zero-order chi connectivity index (χ0) is 15.1. The highest BCUT2D eigenvalue weighted by Gasteiger charge is 2.20. The Labute approximate surface area is 128 Å². The summed E-state index contributed by atoms with van der Waals surface area (Å²) in [5, 5.41) is 3.61. The van der Waals surface area contributed by atoms with E-state index in [9.17, 15) is 0 Å². The van der Waals surface area contributed by atoms with E-state index >= 15 is 0 Å². The fraction of sp³-hybridized carbons (Fsp3) is 0.647. The molecule has 1 aliphatic carbocycles. The van der Waals surface area contributed by atoms with Gasteiger partial charge in [0, 0.05) is 25.4 Å². The first-order valence-electron chi connectivity index (χ1n) is 7.84. The van der Waals surface area contributed by atoms with Crippen LogP contribution < -0.4 is 10.1 Å². The lowest BCUT2D eigenvalue weighted by molar-refractivity contribution is 0.0682. The van der Waals surface area contributed by atoms with E-state index in [1.807, 2.05) is 19.2 Å². The lowest BCUT2D eigenvalue weighted by atomic mass is 9.93. The van der Waals surface area contributed by atoms with E-state index in [0.717, 1.165) is 31.7 Å². The van der Waals surface area contributed by atoms with Crippen molar-refractivity contribution >= 4 is 5.69 Å². The van der Waals surface area contributed by atoms with Crippen LogP contribution in [-0.4, -0.2) is 51.4 Å². The molecule has 4 heteroatoms. The lowest BCUT2D eigenvalue weighted by Gasteiger charge is -2.28. The molecule has 1 fully saturated rings. The summed E-state index contributed by atoms with van der Waals surface area (Å²) in [5.74, 6) is 0.936. The Morgan fingerprint density at radius 1 is 1.10 bits per heavy atom. The van der Waals surface area contributed by atoms with Crippen molar-refractivity contribution in [2.24, 2.45) is 0 Å². The van der Waals surface area contributed by atoms with Crippen molar-refractivity contribution in [2.75, 3.05) is 39.7 Å². The van der Waals surface area contributed by atoms with Crippen molar-refractivity contribution in [3.8, 4) is 5.75 Å². The van der Waals surface area contributed by atoms with Gasteiger partial charge in [-0.1, -0.05) is 0 Å². The SMILES string of the molecule is COC1CCC(Nc2ccc(OCCN(C)C)cc2)CC1. The number of benzene rings is 1. The van der Waals surface area contributed by atoms with Gasteiger partial charge in [0.15, 0.2) is 0 Å². The molecule has 1 N–H and O–H groups in total. The Morgan fingerprint density at radius 3 is 2.33 bits per heavy atom. The molecular weight excluding hydrogens is 264 g/mol. The van der Waals surface area contributed by atoms with Gasteiger partial charge in [-0.2, -0.15) is 0 Å². The Hall–Kier alpha value is -1.26. The van der Waals surface area contributed by atoms with Crippen LogP contribution in [0, 0.1) is 0 Å². The summed E-state index contributed by atoms with van der Waals surface area (Å²) in [6, 6.07) is 8.86. The van der Waals surface area contributed by atoms with Gasteiger partial charge in [0.25, 0.3) is 0 Å². The Bertz CT molecular complexity index is 398.